The molecule has 0 saturated heterocycles. The second-order valence-electron chi connectivity index (χ2n) is 4.96. The molecule has 1 aliphatic rings. The molecule has 0 saturated carbocycles. The Kier molecular flexibility index (Phi) is 3.35. The van der Waals surface area contributed by atoms with Crippen LogP contribution in [0.1, 0.15) is 25.0 Å². The van der Waals surface area contributed by atoms with E-state index < -0.39 is 30.7 Å². The van der Waals surface area contributed by atoms with E-state index in [0.717, 1.165) is 5.56 Å². The first-order chi connectivity index (χ1) is 8.66. The standard InChI is InChI=1S/C13H16O4S2/c1-9(2)18(14,15)8-11-7-12-10(3)5-4-6-13(12)19(11,16)17/h4-7,9H,8H2,1-3H3. The molecule has 1 aromatic rings. The maximum atomic E-state index is 12.3. The average Bonchev–Trinajstić information content (AvgIpc) is 2.53. The fraction of sp³-hybridized carbons (Fsp3) is 0.385. The van der Waals surface area contributed by atoms with Gasteiger partial charge >= 0.3 is 0 Å². The molecule has 0 bridgehead atoms. The van der Waals surface area contributed by atoms with Gasteiger partial charge in [0.1, 0.15) is 0 Å². The van der Waals surface area contributed by atoms with Crippen molar-refractivity contribution < 1.29 is 16.8 Å². The number of rotatable bonds is 3. The fourth-order valence-corrected chi connectivity index (χ4v) is 5.19. The van der Waals surface area contributed by atoms with E-state index in [4.69, 9.17) is 0 Å². The van der Waals surface area contributed by atoms with Gasteiger partial charge in [0.15, 0.2) is 9.84 Å². The van der Waals surface area contributed by atoms with E-state index in [1.165, 1.54) is 12.1 Å². The lowest BCUT2D eigenvalue weighted by Crippen LogP contribution is -2.21. The van der Waals surface area contributed by atoms with Gasteiger partial charge in [-0.15, -0.1) is 0 Å². The Balaban J connectivity index is 2.53. The Hall–Kier alpha value is -1.14. The van der Waals surface area contributed by atoms with Crippen molar-refractivity contribution in [3.05, 3.63) is 34.2 Å². The highest BCUT2D eigenvalue weighted by atomic mass is 32.2. The van der Waals surface area contributed by atoms with Crippen molar-refractivity contribution in [2.24, 2.45) is 0 Å². The number of fused-ring (bicyclic) bond motifs is 1. The van der Waals surface area contributed by atoms with Gasteiger partial charge < -0.3 is 0 Å². The normalized spacial score (nSPS) is 17.4. The van der Waals surface area contributed by atoms with Crippen LogP contribution in [0.5, 0.6) is 0 Å². The Labute approximate surface area is 114 Å². The minimum atomic E-state index is -3.65. The first-order valence-electron chi connectivity index (χ1n) is 5.93. The van der Waals surface area contributed by atoms with Crippen LogP contribution in [-0.4, -0.2) is 27.8 Å². The van der Waals surface area contributed by atoms with Crippen molar-refractivity contribution >= 4 is 25.8 Å². The molecular formula is C13H16O4S2. The zero-order valence-electron chi connectivity index (χ0n) is 11.0. The number of benzene rings is 1. The van der Waals surface area contributed by atoms with Crippen LogP contribution in [0.25, 0.3) is 6.08 Å². The van der Waals surface area contributed by atoms with Crippen LogP contribution in [0.15, 0.2) is 28.0 Å². The van der Waals surface area contributed by atoms with E-state index in [2.05, 4.69) is 0 Å². The van der Waals surface area contributed by atoms with E-state index >= 15 is 0 Å². The maximum Gasteiger partial charge on any atom is 0.204 e. The van der Waals surface area contributed by atoms with Gasteiger partial charge in [-0.05, 0) is 44.0 Å². The van der Waals surface area contributed by atoms with Crippen LogP contribution in [0.2, 0.25) is 0 Å². The zero-order chi connectivity index (χ0) is 14.4. The van der Waals surface area contributed by atoms with Crippen molar-refractivity contribution in [1.29, 1.82) is 0 Å². The predicted molar refractivity (Wildman–Crippen MR) is 75.3 cm³/mol. The lowest BCUT2D eigenvalue weighted by atomic mass is 10.1. The molecule has 0 aliphatic carbocycles. The summed E-state index contributed by atoms with van der Waals surface area (Å²) >= 11 is 0. The highest BCUT2D eigenvalue weighted by Crippen LogP contribution is 2.35. The molecule has 19 heavy (non-hydrogen) atoms. The third-order valence-electron chi connectivity index (χ3n) is 3.29. The molecule has 2 rings (SSSR count). The molecule has 1 heterocycles. The van der Waals surface area contributed by atoms with Gasteiger partial charge in [-0.3, -0.25) is 0 Å². The summed E-state index contributed by atoms with van der Waals surface area (Å²) < 4.78 is 48.4. The second kappa shape index (κ2) is 4.45. The van der Waals surface area contributed by atoms with Crippen LogP contribution < -0.4 is 0 Å². The Morgan fingerprint density at radius 2 is 1.84 bits per heavy atom. The van der Waals surface area contributed by atoms with Crippen LogP contribution >= 0.6 is 0 Å². The van der Waals surface area contributed by atoms with Crippen molar-refractivity contribution in [3.63, 3.8) is 0 Å². The summed E-state index contributed by atoms with van der Waals surface area (Å²) in [5, 5.41) is -0.589. The summed E-state index contributed by atoms with van der Waals surface area (Å²) in [6.07, 6.45) is 1.49. The Morgan fingerprint density at radius 1 is 1.21 bits per heavy atom. The predicted octanol–water partition coefficient (Wildman–Crippen LogP) is 1.95. The van der Waals surface area contributed by atoms with Gasteiger partial charge in [0, 0.05) is 0 Å². The van der Waals surface area contributed by atoms with Gasteiger partial charge in [0.05, 0.1) is 20.8 Å². The van der Waals surface area contributed by atoms with E-state index in [0.29, 0.717) is 5.56 Å². The van der Waals surface area contributed by atoms with Gasteiger partial charge in [0.25, 0.3) is 0 Å². The van der Waals surface area contributed by atoms with E-state index in [9.17, 15) is 16.8 Å². The monoisotopic (exact) mass is 300 g/mol. The lowest BCUT2D eigenvalue weighted by Gasteiger charge is -2.08. The molecule has 0 N–H and O–H groups in total. The van der Waals surface area contributed by atoms with E-state index in [1.54, 1.807) is 19.9 Å². The summed E-state index contributed by atoms with van der Waals surface area (Å²) in [5.41, 5.74) is 1.44. The number of aryl methyl sites for hydroxylation is 1. The third kappa shape index (κ3) is 2.34. The molecule has 1 aromatic carbocycles. The van der Waals surface area contributed by atoms with Crippen LogP contribution in [0.4, 0.5) is 0 Å². The summed E-state index contributed by atoms with van der Waals surface area (Å²) in [4.78, 5) is 0.187. The highest BCUT2D eigenvalue weighted by Gasteiger charge is 2.33. The minimum Gasteiger partial charge on any atom is -0.228 e. The molecule has 0 aromatic heterocycles. The molecule has 0 atom stereocenters. The molecule has 4 nitrogen and oxygen atoms in total. The second-order valence-corrected chi connectivity index (χ2v) is 9.49. The van der Waals surface area contributed by atoms with Gasteiger partial charge in [-0.25, -0.2) is 16.8 Å². The third-order valence-corrected chi connectivity index (χ3v) is 7.51. The van der Waals surface area contributed by atoms with E-state index in [-0.39, 0.29) is 9.80 Å². The molecule has 0 radical (unpaired) electrons. The van der Waals surface area contributed by atoms with Crippen LogP contribution in [0, 0.1) is 6.92 Å². The minimum absolute atomic E-state index is 0.0227. The van der Waals surface area contributed by atoms with Gasteiger partial charge in [0.2, 0.25) is 9.84 Å². The number of hydrogen-bond acceptors (Lipinski definition) is 4. The molecule has 0 spiro atoms. The highest BCUT2D eigenvalue weighted by molar-refractivity contribution is 7.98. The summed E-state index contributed by atoms with van der Waals surface area (Å²) in [6.45, 7) is 4.91. The maximum absolute atomic E-state index is 12.3. The SMILES string of the molecule is Cc1cccc2c1C=C(CS(=O)(=O)C(C)C)S2(=O)=O. The van der Waals surface area contributed by atoms with Crippen molar-refractivity contribution in [3.8, 4) is 0 Å². The zero-order valence-corrected chi connectivity index (χ0v) is 12.7. The first kappa shape index (κ1) is 14.3. The molecular weight excluding hydrogens is 284 g/mol. The first-order valence-corrected chi connectivity index (χ1v) is 9.13. The molecule has 0 unspecified atom stereocenters. The van der Waals surface area contributed by atoms with Crippen molar-refractivity contribution in [2.45, 2.75) is 30.9 Å². The smallest absolute Gasteiger partial charge is 0.204 e. The van der Waals surface area contributed by atoms with E-state index in [1.807, 2.05) is 13.0 Å². The Bertz CT molecular complexity index is 754. The van der Waals surface area contributed by atoms with Gasteiger partial charge in [-0.1, -0.05) is 12.1 Å². The largest absolute Gasteiger partial charge is 0.228 e. The van der Waals surface area contributed by atoms with Crippen molar-refractivity contribution in [1.82, 2.24) is 0 Å². The topological polar surface area (TPSA) is 68.3 Å². The molecule has 0 amide bonds. The average molecular weight is 300 g/mol. The Morgan fingerprint density at radius 3 is 2.37 bits per heavy atom. The molecule has 6 heteroatoms. The molecule has 0 fully saturated rings. The van der Waals surface area contributed by atoms with Crippen LogP contribution in [-0.2, 0) is 19.7 Å². The summed E-state index contributed by atoms with van der Waals surface area (Å²) in [6, 6.07) is 4.99. The number of sulfone groups is 2. The fourth-order valence-electron chi connectivity index (χ4n) is 1.94. The van der Waals surface area contributed by atoms with Crippen molar-refractivity contribution in [2.75, 3.05) is 5.75 Å². The van der Waals surface area contributed by atoms with Crippen LogP contribution in [0.3, 0.4) is 0 Å². The lowest BCUT2D eigenvalue weighted by molar-refractivity contribution is 0.587. The molecule has 1 aliphatic heterocycles. The summed E-state index contributed by atoms with van der Waals surface area (Å²) in [7, 11) is -7.08. The van der Waals surface area contributed by atoms with Gasteiger partial charge in [-0.2, -0.15) is 0 Å². The molecule has 104 valence electrons. The number of hydrogen-bond donors (Lipinski definition) is 0. The quantitative estimate of drug-likeness (QED) is 0.855. The summed E-state index contributed by atoms with van der Waals surface area (Å²) in [5.74, 6) is -0.429.